The van der Waals surface area contributed by atoms with Gasteiger partial charge in [0.1, 0.15) is 12.4 Å². The number of nitrogens with zero attached hydrogens (tertiary/aromatic N) is 1. The highest BCUT2D eigenvalue weighted by Gasteiger charge is 2.07. The van der Waals surface area contributed by atoms with Crippen molar-refractivity contribution in [1.82, 2.24) is 10.2 Å². The van der Waals surface area contributed by atoms with Gasteiger partial charge in [-0.2, -0.15) is 0 Å². The van der Waals surface area contributed by atoms with Crippen LogP contribution in [0.3, 0.4) is 0 Å². The van der Waals surface area contributed by atoms with Crippen LogP contribution in [0.15, 0.2) is 24.3 Å². The first-order valence-corrected chi connectivity index (χ1v) is 7.46. The standard InChI is InChI=1S/C16H28N2O2/c1-4-18(5-2)13-15(19)12-17-9-10-20-16-8-6-7-14(3)11-16/h6-8,11,15,17,19H,4-5,9-10,12-13H2,1-3H3. The molecule has 0 bridgehead atoms. The summed E-state index contributed by atoms with van der Waals surface area (Å²) in [6.07, 6.45) is -0.325. The Labute approximate surface area is 122 Å². The second-order valence-electron chi connectivity index (χ2n) is 5.01. The molecule has 0 heterocycles. The molecule has 0 amide bonds. The normalized spacial score (nSPS) is 12.7. The lowest BCUT2D eigenvalue weighted by atomic mass is 10.2. The number of aliphatic hydroxyl groups excluding tert-OH is 1. The summed E-state index contributed by atoms with van der Waals surface area (Å²) in [7, 11) is 0. The molecule has 4 heteroatoms. The molecule has 1 rings (SSSR count). The lowest BCUT2D eigenvalue weighted by molar-refractivity contribution is 0.116. The highest BCUT2D eigenvalue weighted by molar-refractivity contribution is 5.27. The molecule has 0 aliphatic rings. The molecule has 1 atom stereocenters. The highest BCUT2D eigenvalue weighted by Crippen LogP contribution is 2.11. The molecule has 1 aromatic carbocycles. The Morgan fingerprint density at radius 3 is 2.70 bits per heavy atom. The molecule has 0 aliphatic heterocycles. The van der Waals surface area contributed by atoms with E-state index in [1.807, 2.05) is 18.2 Å². The number of hydrogen-bond acceptors (Lipinski definition) is 4. The van der Waals surface area contributed by atoms with Crippen molar-refractivity contribution in [1.29, 1.82) is 0 Å². The van der Waals surface area contributed by atoms with Crippen LogP contribution < -0.4 is 10.1 Å². The summed E-state index contributed by atoms with van der Waals surface area (Å²) in [5.74, 6) is 0.899. The molecular formula is C16H28N2O2. The van der Waals surface area contributed by atoms with Crippen LogP contribution in [0.25, 0.3) is 0 Å². The minimum Gasteiger partial charge on any atom is -0.492 e. The molecule has 114 valence electrons. The topological polar surface area (TPSA) is 44.7 Å². The zero-order valence-corrected chi connectivity index (χ0v) is 12.9. The van der Waals surface area contributed by atoms with Gasteiger partial charge in [0.15, 0.2) is 0 Å². The van der Waals surface area contributed by atoms with Crippen molar-refractivity contribution in [3.05, 3.63) is 29.8 Å². The fourth-order valence-corrected chi connectivity index (χ4v) is 2.06. The molecule has 0 saturated heterocycles. The summed E-state index contributed by atoms with van der Waals surface area (Å²) in [6.45, 7) is 10.9. The number of nitrogens with one attached hydrogen (secondary N) is 1. The van der Waals surface area contributed by atoms with Gasteiger partial charge in [-0.15, -0.1) is 0 Å². The van der Waals surface area contributed by atoms with Gasteiger partial charge in [0, 0.05) is 19.6 Å². The largest absolute Gasteiger partial charge is 0.492 e. The maximum atomic E-state index is 9.89. The Kier molecular flexibility index (Phi) is 8.26. The first-order valence-electron chi connectivity index (χ1n) is 7.46. The van der Waals surface area contributed by atoms with Crippen molar-refractivity contribution in [2.24, 2.45) is 0 Å². The van der Waals surface area contributed by atoms with E-state index < -0.39 is 0 Å². The van der Waals surface area contributed by atoms with Crippen molar-refractivity contribution < 1.29 is 9.84 Å². The van der Waals surface area contributed by atoms with Crippen LogP contribution in [-0.4, -0.2) is 55.4 Å². The highest BCUT2D eigenvalue weighted by atomic mass is 16.5. The molecule has 0 aromatic heterocycles. The summed E-state index contributed by atoms with van der Waals surface area (Å²) < 4.78 is 5.64. The number of hydrogen-bond donors (Lipinski definition) is 2. The van der Waals surface area contributed by atoms with Gasteiger partial charge in [-0.05, 0) is 37.7 Å². The molecule has 20 heavy (non-hydrogen) atoms. The van der Waals surface area contributed by atoms with Crippen LogP contribution in [0.4, 0.5) is 0 Å². The van der Waals surface area contributed by atoms with Crippen LogP contribution in [-0.2, 0) is 0 Å². The fourth-order valence-electron chi connectivity index (χ4n) is 2.06. The second kappa shape index (κ2) is 9.75. The number of benzene rings is 1. The molecule has 0 radical (unpaired) electrons. The lowest BCUT2D eigenvalue weighted by Gasteiger charge is -2.22. The molecule has 0 fully saturated rings. The van der Waals surface area contributed by atoms with Crippen LogP contribution >= 0.6 is 0 Å². The predicted molar refractivity (Wildman–Crippen MR) is 83.3 cm³/mol. The Morgan fingerprint density at radius 2 is 2.05 bits per heavy atom. The second-order valence-corrected chi connectivity index (χ2v) is 5.01. The summed E-state index contributed by atoms with van der Waals surface area (Å²) in [6, 6.07) is 8.03. The van der Waals surface area contributed by atoms with Crippen LogP contribution in [0.2, 0.25) is 0 Å². The first-order chi connectivity index (χ1) is 9.65. The maximum Gasteiger partial charge on any atom is 0.119 e. The van der Waals surface area contributed by atoms with E-state index in [-0.39, 0.29) is 6.10 Å². The van der Waals surface area contributed by atoms with Crippen LogP contribution in [0.5, 0.6) is 5.75 Å². The van der Waals surface area contributed by atoms with E-state index in [0.29, 0.717) is 13.2 Å². The van der Waals surface area contributed by atoms with Gasteiger partial charge < -0.3 is 20.1 Å². The van der Waals surface area contributed by atoms with Gasteiger partial charge in [0.2, 0.25) is 0 Å². The number of ether oxygens (including phenoxy) is 1. The van der Waals surface area contributed by atoms with Crippen molar-refractivity contribution in [3.63, 3.8) is 0 Å². The maximum absolute atomic E-state index is 9.89. The fraction of sp³-hybridized carbons (Fsp3) is 0.625. The smallest absolute Gasteiger partial charge is 0.119 e. The minimum atomic E-state index is -0.325. The van der Waals surface area contributed by atoms with Crippen molar-refractivity contribution >= 4 is 0 Å². The molecule has 4 nitrogen and oxygen atoms in total. The molecule has 2 N–H and O–H groups in total. The third kappa shape index (κ3) is 6.89. The zero-order valence-electron chi connectivity index (χ0n) is 12.9. The Hall–Kier alpha value is -1.10. The van der Waals surface area contributed by atoms with Crippen molar-refractivity contribution in [3.8, 4) is 5.75 Å². The van der Waals surface area contributed by atoms with Gasteiger partial charge in [-0.1, -0.05) is 26.0 Å². The average Bonchev–Trinajstić information content (AvgIpc) is 2.44. The van der Waals surface area contributed by atoms with E-state index >= 15 is 0 Å². The lowest BCUT2D eigenvalue weighted by Crippen LogP contribution is -2.39. The van der Waals surface area contributed by atoms with E-state index in [1.165, 1.54) is 5.56 Å². The molecule has 0 saturated carbocycles. The van der Waals surface area contributed by atoms with Gasteiger partial charge in [0.25, 0.3) is 0 Å². The number of rotatable bonds is 10. The monoisotopic (exact) mass is 280 g/mol. The number of aryl methyl sites for hydroxylation is 1. The minimum absolute atomic E-state index is 0.325. The van der Waals surface area contributed by atoms with Gasteiger partial charge >= 0.3 is 0 Å². The van der Waals surface area contributed by atoms with Gasteiger partial charge in [0.05, 0.1) is 6.10 Å². The summed E-state index contributed by atoms with van der Waals surface area (Å²) >= 11 is 0. The Balaban J connectivity index is 2.10. The molecule has 1 aromatic rings. The van der Waals surface area contributed by atoms with Crippen LogP contribution in [0.1, 0.15) is 19.4 Å². The van der Waals surface area contributed by atoms with Crippen molar-refractivity contribution in [2.45, 2.75) is 26.9 Å². The molecule has 0 spiro atoms. The van der Waals surface area contributed by atoms with E-state index in [0.717, 1.165) is 31.9 Å². The SMILES string of the molecule is CCN(CC)CC(O)CNCCOc1cccc(C)c1. The molecule has 1 unspecified atom stereocenters. The average molecular weight is 280 g/mol. The number of likely N-dealkylation sites (N-methyl/N-ethyl adjacent to an activating group) is 1. The third-order valence-corrected chi connectivity index (χ3v) is 3.28. The predicted octanol–water partition coefficient (Wildman–Crippen LogP) is 1.67. The first kappa shape index (κ1) is 17.0. The summed E-state index contributed by atoms with van der Waals surface area (Å²) in [4.78, 5) is 2.22. The third-order valence-electron chi connectivity index (χ3n) is 3.28. The Bertz CT molecular complexity index is 367. The van der Waals surface area contributed by atoms with E-state index in [9.17, 15) is 5.11 Å². The quantitative estimate of drug-likeness (QED) is 0.640. The van der Waals surface area contributed by atoms with Gasteiger partial charge in [-0.3, -0.25) is 0 Å². The molecule has 0 aliphatic carbocycles. The van der Waals surface area contributed by atoms with Crippen molar-refractivity contribution in [2.75, 3.05) is 39.3 Å². The zero-order chi connectivity index (χ0) is 14.8. The van der Waals surface area contributed by atoms with Crippen LogP contribution in [0, 0.1) is 6.92 Å². The van der Waals surface area contributed by atoms with E-state index in [1.54, 1.807) is 0 Å². The summed E-state index contributed by atoms with van der Waals surface area (Å²) in [5, 5.41) is 13.1. The van der Waals surface area contributed by atoms with E-state index in [4.69, 9.17) is 4.74 Å². The van der Waals surface area contributed by atoms with E-state index in [2.05, 4.69) is 37.1 Å². The number of aliphatic hydroxyl groups is 1. The van der Waals surface area contributed by atoms with Gasteiger partial charge in [-0.25, -0.2) is 0 Å². The summed E-state index contributed by atoms with van der Waals surface area (Å²) in [5.41, 5.74) is 1.20. The Morgan fingerprint density at radius 1 is 1.30 bits per heavy atom. The molecular weight excluding hydrogens is 252 g/mol.